The van der Waals surface area contributed by atoms with Crippen molar-refractivity contribution in [2.75, 3.05) is 6.26 Å². The molecule has 1 unspecified atom stereocenters. The van der Waals surface area contributed by atoms with Gasteiger partial charge in [-0.2, -0.15) is 0 Å². The summed E-state index contributed by atoms with van der Waals surface area (Å²) in [4.78, 5) is 5.79. The molecule has 2 rings (SSSR count). The quantitative estimate of drug-likeness (QED) is 0.862. The van der Waals surface area contributed by atoms with Crippen LogP contribution >= 0.6 is 23.1 Å². The first-order chi connectivity index (χ1) is 8.13. The van der Waals surface area contributed by atoms with E-state index in [1.54, 1.807) is 19.2 Å². The van der Waals surface area contributed by atoms with Crippen molar-refractivity contribution in [3.05, 3.63) is 35.1 Å². The highest BCUT2D eigenvalue weighted by atomic mass is 32.2. The molecule has 5 heteroatoms. The first-order valence-electron chi connectivity index (χ1n) is 5.10. The minimum atomic E-state index is -0.564. The van der Waals surface area contributed by atoms with Crippen LogP contribution in [0.3, 0.4) is 0 Å². The fourth-order valence-electron chi connectivity index (χ4n) is 1.48. The predicted octanol–water partition coefficient (Wildman–Crippen LogP) is 3.72. The lowest BCUT2D eigenvalue weighted by molar-refractivity contribution is 0.203. The van der Waals surface area contributed by atoms with Crippen LogP contribution in [0.5, 0.6) is 0 Å². The molecule has 1 N–H and O–H groups in total. The van der Waals surface area contributed by atoms with E-state index in [1.807, 2.05) is 12.3 Å². The third-order valence-electron chi connectivity index (χ3n) is 2.34. The number of aliphatic hydroxyl groups excluding tert-OH is 1. The normalized spacial score (nSPS) is 12.7. The molecular formula is C12H12FNOS2. The smallest absolute Gasteiger partial charge is 0.134 e. The first-order valence-corrected chi connectivity index (χ1v) is 7.14. The summed E-state index contributed by atoms with van der Waals surface area (Å²) in [5.74, 6) is -0.275. The van der Waals surface area contributed by atoms with Gasteiger partial charge in [-0.05, 0) is 25.3 Å². The van der Waals surface area contributed by atoms with Crippen molar-refractivity contribution in [2.45, 2.75) is 17.9 Å². The molecule has 0 radical (unpaired) electrons. The molecule has 2 nitrogen and oxygen atoms in total. The van der Waals surface area contributed by atoms with E-state index in [2.05, 4.69) is 4.98 Å². The van der Waals surface area contributed by atoms with Gasteiger partial charge in [-0.15, -0.1) is 23.1 Å². The second-order valence-corrected chi connectivity index (χ2v) is 5.47. The number of thiazole rings is 1. The monoisotopic (exact) mass is 269 g/mol. The van der Waals surface area contributed by atoms with E-state index in [1.165, 1.54) is 29.2 Å². The van der Waals surface area contributed by atoms with Gasteiger partial charge in [0.15, 0.2) is 0 Å². The molecule has 17 heavy (non-hydrogen) atoms. The second-order valence-electron chi connectivity index (χ2n) is 3.56. The molecule has 1 heterocycles. The van der Waals surface area contributed by atoms with Crippen molar-refractivity contribution in [1.82, 2.24) is 4.98 Å². The molecule has 90 valence electrons. The summed E-state index contributed by atoms with van der Waals surface area (Å²) in [6.45, 7) is 1.67. The van der Waals surface area contributed by atoms with Crippen molar-refractivity contribution in [2.24, 2.45) is 0 Å². The van der Waals surface area contributed by atoms with Crippen molar-refractivity contribution >= 4 is 23.1 Å². The van der Waals surface area contributed by atoms with E-state index in [0.29, 0.717) is 10.6 Å². The zero-order valence-corrected chi connectivity index (χ0v) is 11.1. The minimum absolute atomic E-state index is 0.275. The summed E-state index contributed by atoms with van der Waals surface area (Å²) in [6, 6.07) is 4.99. The largest absolute Gasteiger partial charge is 0.388 e. The van der Waals surface area contributed by atoms with Crippen molar-refractivity contribution < 1.29 is 9.50 Å². The highest BCUT2D eigenvalue weighted by Crippen LogP contribution is 2.36. The lowest BCUT2D eigenvalue weighted by Gasteiger charge is -2.05. The molecule has 0 spiro atoms. The van der Waals surface area contributed by atoms with Gasteiger partial charge in [0.25, 0.3) is 0 Å². The Morgan fingerprint density at radius 2 is 2.24 bits per heavy atom. The number of hydrogen-bond acceptors (Lipinski definition) is 4. The van der Waals surface area contributed by atoms with Gasteiger partial charge in [0.05, 0.1) is 16.5 Å². The van der Waals surface area contributed by atoms with Gasteiger partial charge < -0.3 is 5.11 Å². The first kappa shape index (κ1) is 12.5. The van der Waals surface area contributed by atoms with E-state index in [-0.39, 0.29) is 5.82 Å². The van der Waals surface area contributed by atoms with Gasteiger partial charge in [-0.1, -0.05) is 6.07 Å². The zero-order chi connectivity index (χ0) is 12.4. The van der Waals surface area contributed by atoms with E-state index in [9.17, 15) is 9.50 Å². The number of aliphatic hydroxyl groups is 1. The predicted molar refractivity (Wildman–Crippen MR) is 69.9 cm³/mol. The Morgan fingerprint density at radius 1 is 1.47 bits per heavy atom. The number of aromatic nitrogens is 1. The van der Waals surface area contributed by atoms with Crippen molar-refractivity contribution in [3.63, 3.8) is 0 Å². The zero-order valence-electron chi connectivity index (χ0n) is 9.48. The molecule has 0 saturated heterocycles. The van der Waals surface area contributed by atoms with Crippen LogP contribution in [0.4, 0.5) is 4.39 Å². The molecule has 0 amide bonds. The van der Waals surface area contributed by atoms with Crippen LogP contribution in [0.1, 0.15) is 17.9 Å². The van der Waals surface area contributed by atoms with Gasteiger partial charge in [0.1, 0.15) is 10.8 Å². The summed E-state index contributed by atoms with van der Waals surface area (Å²) >= 11 is 2.81. The SMILES string of the molecule is CSc1cccc(F)c1-c1ncc(C(C)O)s1. The van der Waals surface area contributed by atoms with Crippen LogP contribution < -0.4 is 0 Å². The van der Waals surface area contributed by atoms with Gasteiger partial charge in [-0.25, -0.2) is 9.37 Å². The van der Waals surface area contributed by atoms with Crippen molar-refractivity contribution in [3.8, 4) is 10.6 Å². The molecule has 1 aromatic carbocycles. The topological polar surface area (TPSA) is 33.1 Å². The molecule has 0 bridgehead atoms. The molecule has 2 aromatic rings. The minimum Gasteiger partial charge on any atom is -0.388 e. The van der Waals surface area contributed by atoms with Crippen molar-refractivity contribution in [1.29, 1.82) is 0 Å². The number of hydrogen-bond donors (Lipinski definition) is 1. The van der Waals surface area contributed by atoms with E-state index < -0.39 is 6.10 Å². The Hall–Kier alpha value is -0.910. The Bertz CT molecular complexity index is 525. The van der Waals surface area contributed by atoms with Crippen LogP contribution in [0.2, 0.25) is 0 Å². The Kier molecular flexibility index (Phi) is 3.81. The van der Waals surface area contributed by atoms with Crippen LogP contribution in [0.25, 0.3) is 10.6 Å². The molecule has 1 aromatic heterocycles. The maximum Gasteiger partial charge on any atom is 0.134 e. The Morgan fingerprint density at radius 3 is 2.82 bits per heavy atom. The summed E-state index contributed by atoms with van der Waals surface area (Å²) in [5.41, 5.74) is 0.525. The van der Waals surface area contributed by atoms with E-state index in [4.69, 9.17) is 0 Å². The lowest BCUT2D eigenvalue weighted by atomic mass is 10.2. The molecule has 0 aliphatic carbocycles. The molecule has 0 saturated carbocycles. The number of halogens is 1. The Labute approximate surface area is 108 Å². The van der Waals surface area contributed by atoms with Gasteiger partial charge in [0, 0.05) is 11.1 Å². The number of rotatable bonds is 3. The summed E-state index contributed by atoms with van der Waals surface area (Å²) < 4.78 is 13.8. The summed E-state index contributed by atoms with van der Waals surface area (Å²) in [6.07, 6.45) is 2.94. The average molecular weight is 269 g/mol. The Balaban J connectivity index is 2.51. The fraction of sp³-hybridized carbons (Fsp3) is 0.250. The van der Waals surface area contributed by atoms with Crippen LogP contribution in [0, 0.1) is 5.82 Å². The maximum atomic E-state index is 13.8. The fourth-order valence-corrected chi connectivity index (χ4v) is 3.07. The van der Waals surface area contributed by atoms with Crippen LogP contribution in [-0.2, 0) is 0 Å². The third kappa shape index (κ3) is 2.51. The summed E-state index contributed by atoms with van der Waals surface area (Å²) in [5, 5.41) is 10.1. The second kappa shape index (κ2) is 5.16. The molecule has 1 atom stereocenters. The van der Waals surface area contributed by atoms with E-state index in [0.717, 1.165) is 9.77 Å². The maximum absolute atomic E-state index is 13.8. The summed E-state index contributed by atoms with van der Waals surface area (Å²) in [7, 11) is 0. The number of thioether (sulfide) groups is 1. The highest BCUT2D eigenvalue weighted by Gasteiger charge is 2.15. The molecule has 0 fully saturated rings. The number of benzene rings is 1. The molecule has 0 aliphatic rings. The van der Waals surface area contributed by atoms with Gasteiger partial charge in [-0.3, -0.25) is 0 Å². The third-order valence-corrected chi connectivity index (χ3v) is 4.31. The highest BCUT2D eigenvalue weighted by molar-refractivity contribution is 7.98. The lowest BCUT2D eigenvalue weighted by Crippen LogP contribution is -1.86. The van der Waals surface area contributed by atoms with Gasteiger partial charge >= 0.3 is 0 Å². The van der Waals surface area contributed by atoms with E-state index >= 15 is 0 Å². The molecular weight excluding hydrogens is 257 g/mol. The van der Waals surface area contributed by atoms with Crippen LogP contribution in [0.15, 0.2) is 29.3 Å². The average Bonchev–Trinajstić information content (AvgIpc) is 2.77. The number of nitrogens with zero attached hydrogens (tertiary/aromatic N) is 1. The van der Waals surface area contributed by atoms with Gasteiger partial charge in [0.2, 0.25) is 0 Å². The standard InChI is InChI=1S/C12H12FNOS2/c1-7(15)10-6-14-12(17-10)11-8(13)4-3-5-9(11)16-2/h3-7,15H,1-2H3. The molecule has 0 aliphatic heterocycles. The van der Waals surface area contributed by atoms with Crippen LogP contribution in [-0.4, -0.2) is 16.3 Å².